The Bertz CT molecular complexity index is 507. The third-order valence-corrected chi connectivity index (χ3v) is 3.93. The molecule has 0 aliphatic carbocycles. The van der Waals surface area contributed by atoms with Crippen LogP contribution in [0.3, 0.4) is 0 Å². The lowest BCUT2D eigenvalue weighted by molar-refractivity contribution is 0.296. The van der Waals surface area contributed by atoms with Crippen LogP contribution in [-0.2, 0) is 11.5 Å². The van der Waals surface area contributed by atoms with Gasteiger partial charge in [-0.15, -0.1) is 0 Å². The summed E-state index contributed by atoms with van der Waals surface area (Å²) in [6, 6.07) is 13.4. The van der Waals surface area contributed by atoms with E-state index in [0.717, 1.165) is 22.6 Å². The minimum atomic E-state index is -0.168. The van der Waals surface area contributed by atoms with Crippen molar-refractivity contribution >= 4 is 23.1 Å². The molecule has 0 atom stereocenters. The molecular formula is C14H14N2O4S-2. The summed E-state index contributed by atoms with van der Waals surface area (Å²) in [5, 5.41) is 38.4. The van der Waals surface area contributed by atoms with Crippen molar-refractivity contribution in [3.05, 3.63) is 70.1 Å². The van der Waals surface area contributed by atoms with Crippen LogP contribution < -0.4 is 10.5 Å². The molecule has 0 amide bonds. The summed E-state index contributed by atoms with van der Waals surface area (Å²) in [5.41, 5.74) is 2.49. The second kappa shape index (κ2) is 7.30. The molecule has 0 radical (unpaired) electrons. The summed E-state index contributed by atoms with van der Waals surface area (Å²) in [6.45, 7) is 0. The predicted molar refractivity (Wildman–Crippen MR) is 83.1 cm³/mol. The fourth-order valence-corrected chi connectivity index (χ4v) is 2.68. The van der Waals surface area contributed by atoms with Gasteiger partial charge in [-0.2, -0.15) is 11.8 Å². The first-order valence-electron chi connectivity index (χ1n) is 6.14. The van der Waals surface area contributed by atoms with Crippen molar-refractivity contribution in [2.24, 2.45) is 0 Å². The SMILES string of the molecule is [O-]N(O)c1ccc(CSCc2ccc(N([O-])O)cc2)cc1. The Morgan fingerprint density at radius 1 is 0.714 bits per heavy atom. The first-order chi connectivity index (χ1) is 10.1. The highest BCUT2D eigenvalue weighted by Gasteiger charge is 1.98. The van der Waals surface area contributed by atoms with Crippen molar-refractivity contribution in [1.29, 1.82) is 0 Å². The van der Waals surface area contributed by atoms with Gasteiger partial charge in [0.05, 0.1) is 11.4 Å². The zero-order chi connectivity index (χ0) is 15.2. The molecule has 0 aliphatic rings. The van der Waals surface area contributed by atoms with Crippen LogP contribution in [0.25, 0.3) is 0 Å². The second-order valence-electron chi connectivity index (χ2n) is 4.37. The standard InChI is InChI=1S/C14H14N2O4S/c17-15(18)13-5-1-11(2-6-13)9-21-10-12-3-7-14(8-4-12)16(19)20/h1-8,17,19H,9-10H2/q-2. The number of hydrogen-bond donors (Lipinski definition) is 2. The molecule has 2 aromatic rings. The fraction of sp³-hybridized carbons (Fsp3) is 0.143. The van der Waals surface area contributed by atoms with E-state index in [4.69, 9.17) is 10.4 Å². The van der Waals surface area contributed by atoms with Gasteiger partial charge in [0, 0.05) is 11.5 Å². The Labute approximate surface area is 126 Å². The summed E-state index contributed by atoms with van der Waals surface area (Å²) < 4.78 is 0. The van der Waals surface area contributed by atoms with Crippen LogP contribution in [0.2, 0.25) is 0 Å². The highest BCUT2D eigenvalue weighted by Crippen LogP contribution is 2.21. The Morgan fingerprint density at radius 2 is 1.05 bits per heavy atom. The van der Waals surface area contributed by atoms with Crippen molar-refractivity contribution in [3.8, 4) is 0 Å². The van der Waals surface area contributed by atoms with Crippen LogP contribution >= 0.6 is 11.8 Å². The normalized spacial score (nSPS) is 10.5. The van der Waals surface area contributed by atoms with Crippen LogP contribution in [0.15, 0.2) is 48.5 Å². The van der Waals surface area contributed by atoms with Gasteiger partial charge in [-0.05, 0) is 35.4 Å². The maximum atomic E-state index is 10.7. The molecule has 0 aromatic heterocycles. The highest BCUT2D eigenvalue weighted by atomic mass is 32.2. The number of hydrogen-bond acceptors (Lipinski definition) is 7. The zero-order valence-corrected chi connectivity index (χ0v) is 11.9. The van der Waals surface area contributed by atoms with E-state index in [1.54, 1.807) is 60.3 Å². The first kappa shape index (κ1) is 15.6. The number of anilines is 2. The summed E-state index contributed by atoms with van der Waals surface area (Å²) >= 11 is 1.68. The second-order valence-corrected chi connectivity index (χ2v) is 5.36. The first-order valence-corrected chi connectivity index (χ1v) is 7.29. The average Bonchev–Trinajstić information content (AvgIpc) is 2.48. The molecule has 2 aromatic carbocycles. The Morgan fingerprint density at radius 3 is 1.33 bits per heavy atom. The number of rotatable bonds is 6. The van der Waals surface area contributed by atoms with Crippen molar-refractivity contribution < 1.29 is 10.4 Å². The van der Waals surface area contributed by atoms with E-state index < -0.39 is 0 Å². The van der Waals surface area contributed by atoms with E-state index in [-0.39, 0.29) is 21.8 Å². The Hall–Kier alpha value is -1.77. The maximum absolute atomic E-state index is 10.7. The molecular weight excluding hydrogens is 292 g/mol. The van der Waals surface area contributed by atoms with Crippen molar-refractivity contribution in [2.45, 2.75) is 11.5 Å². The maximum Gasteiger partial charge on any atom is 0.0508 e. The zero-order valence-electron chi connectivity index (χ0n) is 11.0. The van der Waals surface area contributed by atoms with Crippen LogP contribution in [0.5, 0.6) is 0 Å². The smallest absolute Gasteiger partial charge is 0.0508 e. The van der Waals surface area contributed by atoms with Crippen LogP contribution in [0, 0.1) is 10.4 Å². The summed E-state index contributed by atoms with van der Waals surface area (Å²) in [4.78, 5) is 0. The lowest BCUT2D eigenvalue weighted by Gasteiger charge is -2.21. The van der Waals surface area contributed by atoms with E-state index in [9.17, 15) is 10.4 Å². The van der Waals surface area contributed by atoms with Crippen molar-refractivity contribution in [1.82, 2.24) is 0 Å². The minimum absolute atomic E-state index is 0.168. The molecule has 0 unspecified atom stereocenters. The van der Waals surface area contributed by atoms with Gasteiger partial charge in [-0.3, -0.25) is 10.4 Å². The highest BCUT2D eigenvalue weighted by molar-refractivity contribution is 7.97. The molecule has 6 nitrogen and oxygen atoms in total. The van der Waals surface area contributed by atoms with Gasteiger partial charge in [0.1, 0.15) is 0 Å². The summed E-state index contributed by atoms with van der Waals surface area (Å²) in [5.74, 6) is 1.53. The van der Waals surface area contributed by atoms with Crippen LogP contribution in [0.1, 0.15) is 11.1 Å². The molecule has 0 saturated heterocycles. The lowest BCUT2D eigenvalue weighted by atomic mass is 10.2. The van der Waals surface area contributed by atoms with Gasteiger partial charge in [0.15, 0.2) is 0 Å². The number of nitrogens with zero attached hydrogens (tertiary/aromatic N) is 2. The molecule has 0 spiro atoms. The minimum Gasteiger partial charge on any atom is -0.733 e. The number of thioether (sulfide) groups is 1. The van der Waals surface area contributed by atoms with E-state index in [2.05, 4.69) is 0 Å². The Kier molecular flexibility index (Phi) is 5.43. The monoisotopic (exact) mass is 306 g/mol. The summed E-state index contributed by atoms with van der Waals surface area (Å²) in [7, 11) is 0. The summed E-state index contributed by atoms with van der Waals surface area (Å²) in [6.07, 6.45) is 0. The van der Waals surface area contributed by atoms with Crippen LogP contribution in [-0.4, -0.2) is 10.4 Å². The van der Waals surface area contributed by atoms with E-state index in [0.29, 0.717) is 0 Å². The largest absolute Gasteiger partial charge is 0.733 e. The van der Waals surface area contributed by atoms with Gasteiger partial charge in [0.2, 0.25) is 0 Å². The topological polar surface area (TPSA) is 93.1 Å². The van der Waals surface area contributed by atoms with Crippen molar-refractivity contribution in [3.63, 3.8) is 0 Å². The van der Waals surface area contributed by atoms with Gasteiger partial charge in [-0.1, -0.05) is 24.3 Å². The predicted octanol–water partition coefficient (Wildman–Crippen LogP) is 3.51. The molecule has 2 N–H and O–H groups in total. The molecule has 0 aliphatic heterocycles. The number of benzene rings is 2. The van der Waals surface area contributed by atoms with Crippen LogP contribution in [0.4, 0.5) is 11.4 Å². The third kappa shape index (κ3) is 4.62. The molecule has 0 heterocycles. The van der Waals surface area contributed by atoms with Crippen molar-refractivity contribution in [2.75, 3.05) is 10.5 Å². The van der Waals surface area contributed by atoms with Gasteiger partial charge >= 0.3 is 0 Å². The molecule has 21 heavy (non-hydrogen) atoms. The van der Waals surface area contributed by atoms with E-state index >= 15 is 0 Å². The molecule has 112 valence electrons. The molecule has 7 heteroatoms. The average molecular weight is 306 g/mol. The molecule has 2 rings (SSSR count). The quantitative estimate of drug-likeness (QED) is 0.789. The van der Waals surface area contributed by atoms with E-state index in [1.807, 2.05) is 0 Å². The van der Waals surface area contributed by atoms with E-state index in [1.165, 1.54) is 0 Å². The third-order valence-electron chi connectivity index (χ3n) is 2.85. The van der Waals surface area contributed by atoms with Gasteiger partial charge in [-0.25, -0.2) is 0 Å². The van der Waals surface area contributed by atoms with Gasteiger partial charge < -0.3 is 20.9 Å². The lowest BCUT2D eigenvalue weighted by Crippen LogP contribution is -2.06. The molecule has 0 bridgehead atoms. The van der Waals surface area contributed by atoms with Gasteiger partial charge in [0.25, 0.3) is 0 Å². The molecule has 0 saturated carbocycles. The Balaban J connectivity index is 1.83. The molecule has 0 fully saturated rings. The fourth-order valence-electron chi connectivity index (χ4n) is 1.73.